The van der Waals surface area contributed by atoms with Crippen LogP contribution in [-0.2, 0) is 14.8 Å². The second kappa shape index (κ2) is 6.60. The Labute approximate surface area is 155 Å². The standard InChI is InChI=1S/C19H27N3O3S/c1-21(26(24,25)17-4-3-5-20-11-17)12-18(23)22(2)19-15-7-13-6-14(9-15)10-16(19)8-13/h3-5,11,13-16,19H,6-10,12H2,1-2H3. The predicted molar refractivity (Wildman–Crippen MR) is 97.7 cm³/mol. The minimum absolute atomic E-state index is 0.113. The van der Waals surface area contributed by atoms with Crippen molar-refractivity contribution in [3.8, 4) is 0 Å². The summed E-state index contributed by atoms with van der Waals surface area (Å²) in [5.74, 6) is 2.79. The van der Waals surface area contributed by atoms with Gasteiger partial charge in [-0.05, 0) is 67.9 Å². The van der Waals surface area contributed by atoms with E-state index >= 15 is 0 Å². The molecule has 0 aromatic carbocycles. The van der Waals surface area contributed by atoms with E-state index in [1.807, 2.05) is 11.9 Å². The number of likely N-dealkylation sites (N-methyl/N-ethyl adjacent to an activating group) is 2. The van der Waals surface area contributed by atoms with Crippen LogP contribution in [-0.4, -0.2) is 55.2 Å². The first-order valence-electron chi connectivity index (χ1n) is 9.48. The number of hydrogen-bond acceptors (Lipinski definition) is 4. The Kier molecular flexibility index (Phi) is 4.55. The number of amides is 1. The molecule has 4 fully saturated rings. The van der Waals surface area contributed by atoms with Gasteiger partial charge in [0.25, 0.3) is 0 Å². The number of rotatable bonds is 5. The van der Waals surface area contributed by atoms with Gasteiger partial charge in [-0.15, -0.1) is 0 Å². The predicted octanol–water partition coefficient (Wildman–Crippen LogP) is 1.99. The van der Waals surface area contributed by atoms with Gasteiger partial charge in [0, 0.05) is 32.5 Å². The topological polar surface area (TPSA) is 70.6 Å². The fourth-order valence-corrected chi connectivity index (χ4v) is 6.85. The Hall–Kier alpha value is -1.47. The van der Waals surface area contributed by atoms with Crippen LogP contribution in [0, 0.1) is 23.7 Å². The van der Waals surface area contributed by atoms with Gasteiger partial charge in [0.1, 0.15) is 4.90 Å². The van der Waals surface area contributed by atoms with Crippen molar-refractivity contribution in [1.82, 2.24) is 14.2 Å². The molecule has 26 heavy (non-hydrogen) atoms. The summed E-state index contributed by atoms with van der Waals surface area (Å²) in [6.07, 6.45) is 9.17. The molecule has 4 aliphatic rings. The molecule has 1 aromatic heterocycles. The Balaban J connectivity index is 1.45. The Morgan fingerprint density at radius 2 is 1.73 bits per heavy atom. The van der Waals surface area contributed by atoms with Gasteiger partial charge < -0.3 is 4.90 Å². The Morgan fingerprint density at radius 3 is 2.27 bits per heavy atom. The maximum Gasteiger partial charge on any atom is 0.244 e. The highest BCUT2D eigenvalue weighted by Crippen LogP contribution is 2.54. The van der Waals surface area contributed by atoms with Gasteiger partial charge >= 0.3 is 0 Å². The molecule has 4 saturated carbocycles. The third-order valence-electron chi connectivity index (χ3n) is 6.72. The van der Waals surface area contributed by atoms with Crippen molar-refractivity contribution in [3.63, 3.8) is 0 Å². The van der Waals surface area contributed by atoms with E-state index in [-0.39, 0.29) is 23.4 Å². The van der Waals surface area contributed by atoms with E-state index in [2.05, 4.69) is 4.98 Å². The fraction of sp³-hybridized carbons (Fsp3) is 0.684. The van der Waals surface area contributed by atoms with Crippen LogP contribution in [0.5, 0.6) is 0 Å². The highest BCUT2D eigenvalue weighted by Gasteiger charge is 2.50. The minimum Gasteiger partial charge on any atom is -0.341 e. The van der Waals surface area contributed by atoms with Gasteiger partial charge in [-0.3, -0.25) is 9.78 Å². The van der Waals surface area contributed by atoms with Crippen LogP contribution in [0.25, 0.3) is 0 Å². The zero-order valence-corrected chi connectivity index (χ0v) is 16.2. The zero-order valence-electron chi connectivity index (χ0n) is 15.4. The summed E-state index contributed by atoms with van der Waals surface area (Å²) in [5.41, 5.74) is 0. The lowest BCUT2D eigenvalue weighted by Gasteiger charge is -2.56. The number of carbonyl (C=O) groups excluding carboxylic acids is 1. The van der Waals surface area contributed by atoms with Crippen molar-refractivity contribution in [3.05, 3.63) is 24.5 Å². The molecule has 4 aliphatic carbocycles. The highest BCUT2D eigenvalue weighted by molar-refractivity contribution is 7.89. The van der Waals surface area contributed by atoms with Gasteiger partial charge in [0.05, 0.1) is 6.54 Å². The molecule has 4 bridgehead atoms. The summed E-state index contributed by atoms with van der Waals surface area (Å²) in [6, 6.07) is 3.37. The quantitative estimate of drug-likeness (QED) is 0.787. The van der Waals surface area contributed by atoms with Crippen molar-refractivity contribution >= 4 is 15.9 Å². The first-order chi connectivity index (χ1) is 12.4. The van der Waals surface area contributed by atoms with Gasteiger partial charge in [-0.1, -0.05) is 0 Å². The van der Waals surface area contributed by atoms with Crippen LogP contribution in [0.4, 0.5) is 0 Å². The number of carbonyl (C=O) groups is 1. The monoisotopic (exact) mass is 377 g/mol. The maximum atomic E-state index is 12.9. The lowest BCUT2D eigenvalue weighted by molar-refractivity contribution is -0.141. The molecule has 1 amide bonds. The fourth-order valence-electron chi connectivity index (χ4n) is 5.76. The smallest absolute Gasteiger partial charge is 0.244 e. The lowest BCUT2D eigenvalue weighted by atomic mass is 9.54. The van der Waals surface area contributed by atoms with E-state index in [1.165, 1.54) is 57.6 Å². The third kappa shape index (κ3) is 3.05. The van der Waals surface area contributed by atoms with Gasteiger partial charge in [0.2, 0.25) is 15.9 Å². The first-order valence-corrected chi connectivity index (χ1v) is 10.9. The lowest BCUT2D eigenvalue weighted by Crippen LogP contribution is -2.57. The van der Waals surface area contributed by atoms with Crippen LogP contribution in [0.2, 0.25) is 0 Å². The second-order valence-electron chi connectivity index (χ2n) is 8.38. The van der Waals surface area contributed by atoms with Gasteiger partial charge in [-0.25, -0.2) is 8.42 Å². The van der Waals surface area contributed by atoms with Crippen LogP contribution in [0.1, 0.15) is 32.1 Å². The Morgan fingerprint density at radius 1 is 1.12 bits per heavy atom. The molecule has 0 saturated heterocycles. The zero-order chi connectivity index (χ0) is 18.5. The normalized spacial score (nSPS) is 32.8. The van der Waals surface area contributed by atoms with Crippen LogP contribution in [0.3, 0.4) is 0 Å². The van der Waals surface area contributed by atoms with Crippen molar-refractivity contribution in [2.45, 2.75) is 43.0 Å². The summed E-state index contributed by atoms with van der Waals surface area (Å²) in [5, 5.41) is 0. The Bertz CT molecular complexity index is 752. The molecule has 0 radical (unpaired) electrons. The molecule has 0 unspecified atom stereocenters. The van der Waals surface area contributed by atoms with Crippen molar-refractivity contribution in [2.75, 3.05) is 20.6 Å². The van der Waals surface area contributed by atoms with E-state index in [0.717, 1.165) is 16.1 Å². The average Bonchev–Trinajstić information content (AvgIpc) is 2.61. The number of aromatic nitrogens is 1. The molecule has 0 atom stereocenters. The van der Waals surface area contributed by atoms with Crippen molar-refractivity contribution in [2.24, 2.45) is 23.7 Å². The summed E-state index contributed by atoms with van der Waals surface area (Å²) in [6.45, 7) is -0.128. The van der Waals surface area contributed by atoms with E-state index in [1.54, 1.807) is 6.07 Å². The summed E-state index contributed by atoms with van der Waals surface area (Å²) in [4.78, 5) is 18.7. The second-order valence-corrected chi connectivity index (χ2v) is 10.4. The van der Waals surface area contributed by atoms with Crippen molar-refractivity contribution in [1.29, 1.82) is 0 Å². The number of hydrogen-bond donors (Lipinski definition) is 0. The van der Waals surface area contributed by atoms with E-state index in [0.29, 0.717) is 11.8 Å². The number of pyridine rings is 1. The maximum absolute atomic E-state index is 12.9. The molecular formula is C19H27N3O3S. The van der Waals surface area contributed by atoms with Gasteiger partial charge in [-0.2, -0.15) is 4.31 Å². The molecule has 0 spiro atoms. The SMILES string of the molecule is CN(C(=O)CN(C)S(=O)(=O)c1cccnc1)C1C2CC3CC(C2)CC1C3. The average molecular weight is 378 g/mol. The number of nitrogens with zero attached hydrogens (tertiary/aromatic N) is 3. The molecule has 5 rings (SSSR count). The number of sulfonamides is 1. The molecular weight excluding hydrogens is 350 g/mol. The molecule has 7 heteroatoms. The molecule has 1 aromatic rings. The molecule has 0 aliphatic heterocycles. The van der Waals surface area contributed by atoms with Gasteiger partial charge in [0.15, 0.2) is 0 Å². The van der Waals surface area contributed by atoms with E-state index in [9.17, 15) is 13.2 Å². The van der Waals surface area contributed by atoms with E-state index < -0.39 is 10.0 Å². The largest absolute Gasteiger partial charge is 0.341 e. The van der Waals surface area contributed by atoms with Crippen molar-refractivity contribution < 1.29 is 13.2 Å². The first kappa shape index (κ1) is 17.9. The van der Waals surface area contributed by atoms with E-state index in [4.69, 9.17) is 0 Å². The third-order valence-corrected chi connectivity index (χ3v) is 8.51. The minimum atomic E-state index is -3.70. The molecule has 0 N–H and O–H groups in total. The molecule has 1 heterocycles. The molecule has 6 nitrogen and oxygen atoms in total. The summed E-state index contributed by atoms with van der Waals surface area (Å²) < 4.78 is 26.4. The molecule has 142 valence electrons. The summed E-state index contributed by atoms with van der Waals surface area (Å²) >= 11 is 0. The summed E-state index contributed by atoms with van der Waals surface area (Å²) in [7, 11) is -0.371. The van der Waals surface area contributed by atoms with Crippen LogP contribution >= 0.6 is 0 Å². The van der Waals surface area contributed by atoms with Crippen LogP contribution in [0.15, 0.2) is 29.4 Å². The highest BCUT2D eigenvalue weighted by atomic mass is 32.2. The van der Waals surface area contributed by atoms with Crippen LogP contribution < -0.4 is 0 Å².